The average Bonchev–Trinajstić information content (AvgIpc) is 2.48. The van der Waals surface area contributed by atoms with Crippen LogP contribution in [0.4, 0.5) is 0 Å². The second-order valence-corrected chi connectivity index (χ2v) is 4.90. The Bertz CT molecular complexity index is 453. The number of ether oxygens (including phenoxy) is 1. The first-order valence-corrected chi connectivity index (χ1v) is 7.05. The van der Waals surface area contributed by atoms with Crippen LogP contribution in [0, 0.1) is 5.92 Å². The van der Waals surface area contributed by atoms with Crippen molar-refractivity contribution in [2.75, 3.05) is 19.7 Å². The minimum atomic E-state index is -0.135. The van der Waals surface area contributed by atoms with Gasteiger partial charge in [-0.2, -0.15) is 0 Å². The number of amides is 1. The highest BCUT2D eigenvalue weighted by Gasteiger charge is 2.28. The molecule has 0 aromatic carbocycles. The van der Waals surface area contributed by atoms with E-state index in [0.717, 1.165) is 5.69 Å². The lowest BCUT2D eigenvalue weighted by atomic mass is 9.96. The molecule has 20 heavy (non-hydrogen) atoms. The van der Waals surface area contributed by atoms with Crippen molar-refractivity contribution in [1.29, 1.82) is 0 Å². The average molecular weight is 276 g/mol. The summed E-state index contributed by atoms with van der Waals surface area (Å²) in [5.41, 5.74) is 0.782. The third kappa shape index (κ3) is 3.79. The Hall–Kier alpha value is -1.91. The molecule has 2 heterocycles. The molecule has 1 aliphatic heterocycles. The first-order chi connectivity index (χ1) is 9.70. The van der Waals surface area contributed by atoms with Gasteiger partial charge in [-0.25, -0.2) is 0 Å². The molecule has 0 bridgehead atoms. The van der Waals surface area contributed by atoms with Crippen LogP contribution in [-0.2, 0) is 20.7 Å². The molecule has 1 aromatic heterocycles. The van der Waals surface area contributed by atoms with Crippen molar-refractivity contribution in [3.63, 3.8) is 0 Å². The van der Waals surface area contributed by atoms with Crippen LogP contribution in [0.15, 0.2) is 24.4 Å². The van der Waals surface area contributed by atoms with Gasteiger partial charge < -0.3 is 9.64 Å². The van der Waals surface area contributed by atoms with Gasteiger partial charge in [0.15, 0.2) is 0 Å². The van der Waals surface area contributed by atoms with Crippen LogP contribution in [-0.4, -0.2) is 41.5 Å². The highest BCUT2D eigenvalue weighted by atomic mass is 16.5. The second-order valence-electron chi connectivity index (χ2n) is 4.90. The zero-order valence-corrected chi connectivity index (χ0v) is 11.7. The summed E-state index contributed by atoms with van der Waals surface area (Å²) in [5, 5.41) is 0. The van der Waals surface area contributed by atoms with Gasteiger partial charge in [-0.05, 0) is 31.9 Å². The Balaban J connectivity index is 1.81. The summed E-state index contributed by atoms with van der Waals surface area (Å²) >= 11 is 0. The quantitative estimate of drug-likeness (QED) is 0.780. The van der Waals surface area contributed by atoms with Crippen molar-refractivity contribution in [1.82, 2.24) is 9.88 Å². The van der Waals surface area contributed by atoms with Gasteiger partial charge in [-0.1, -0.05) is 6.07 Å². The fourth-order valence-electron chi connectivity index (χ4n) is 2.39. The molecule has 5 heteroatoms. The number of carbonyl (C=O) groups is 2. The Labute approximate surface area is 118 Å². The number of piperidine rings is 1. The Kier molecular flexibility index (Phi) is 5.09. The molecule has 0 unspecified atom stereocenters. The molecule has 1 saturated heterocycles. The monoisotopic (exact) mass is 276 g/mol. The van der Waals surface area contributed by atoms with Crippen molar-refractivity contribution in [2.24, 2.45) is 5.92 Å². The van der Waals surface area contributed by atoms with Crippen LogP contribution in [0.5, 0.6) is 0 Å². The van der Waals surface area contributed by atoms with Gasteiger partial charge in [-0.15, -0.1) is 0 Å². The predicted molar refractivity (Wildman–Crippen MR) is 73.9 cm³/mol. The van der Waals surface area contributed by atoms with Crippen LogP contribution in [0.25, 0.3) is 0 Å². The molecule has 0 spiro atoms. The summed E-state index contributed by atoms with van der Waals surface area (Å²) < 4.78 is 5.02. The van der Waals surface area contributed by atoms with Crippen LogP contribution >= 0.6 is 0 Å². The molecule has 1 aliphatic rings. The minimum absolute atomic E-state index is 0.0612. The summed E-state index contributed by atoms with van der Waals surface area (Å²) in [5.74, 6) is -0.121. The third-order valence-electron chi connectivity index (χ3n) is 3.53. The number of rotatable bonds is 4. The molecule has 0 N–H and O–H groups in total. The van der Waals surface area contributed by atoms with E-state index in [2.05, 4.69) is 4.98 Å². The highest BCUT2D eigenvalue weighted by molar-refractivity contribution is 5.79. The van der Waals surface area contributed by atoms with E-state index >= 15 is 0 Å². The van der Waals surface area contributed by atoms with Gasteiger partial charge in [0.2, 0.25) is 5.91 Å². The summed E-state index contributed by atoms with van der Waals surface area (Å²) in [7, 11) is 0. The van der Waals surface area contributed by atoms with E-state index < -0.39 is 0 Å². The summed E-state index contributed by atoms with van der Waals surface area (Å²) in [6.07, 6.45) is 3.39. The lowest BCUT2D eigenvalue weighted by Crippen LogP contribution is -2.41. The molecule has 0 radical (unpaired) electrons. The normalized spacial score (nSPS) is 15.9. The number of carbonyl (C=O) groups excluding carboxylic acids is 2. The van der Waals surface area contributed by atoms with Crippen molar-refractivity contribution in [2.45, 2.75) is 26.2 Å². The fourth-order valence-corrected chi connectivity index (χ4v) is 2.39. The maximum Gasteiger partial charge on any atom is 0.309 e. The van der Waals surface area contributed by atoms with Crippen molar-refractivity contribution in [3.05, 3.63) is 30.1 Å². The van der Waals surface area contributed by atoms with Crippen LogP contribution in [0.1, 0.15) is 25.5 Å². The number of pyridine rings is 1. The summed E-state index contributed by atoms with van der Waals surface area (Å²) in [4.78, 5) is 29.7. The van der Waals surface area contributed by atoms with E-state index in [-0.39, 0.29) is 17.8 Å². The standard InChI is InChI=1S/C15H20N2O3/c1-2-20-15(19)12-6-9-17(10-7-12)14(18)11-13-5-3-4-8-16-13/h3-5,8,12H,2,6-7,9-11H2,1H3. The van der Waals surface area contributed by atoms with Crippen LogP contribution in [0.2, 0.25) is 0 Å². The van der Waals surface area contributed by atoms with Crippen molar-refractivity contribution >= 4 is 11.9 Å². The summed E-state index contributed by atoms with van der Waals surface area (Å²) in [6, 6.07) is 5.56. The lowest BCUT2D eigenvalue weighted by molar-refractivity contribution is -0.151. The Morgan fingerprint density at radius 3 is 2.70 bits per heavy atom. The lowest BCUT2D eigenvalue weighted by Gasteiger charge is -2.30. The minimum Gasteiger partial charge on any atom is -0.466 e. The first kappa shape index (κ1) is 14.5. The molecule has 108 valence electrons. The summed E-state index contributed by atoms with van der Waals surface area (Å²) in [6.45, 7) is 3.46. The van der Waals surface area contributed by atoms with E-state index in [1.807, 2.05) is 30.0 Å². The van der Waals surface area contributed by atoms with E-state index in [1.54, 1.807) is 6.20 Å². The number of aromatic nitrogens is 1. The highest BCUT2D eigenvalue weighted by Crippen LogP contribution is 2.19. The van der Waals surface area contributed by atoms with E-state index in [1.165, 1.54) is 0 Å². The maximum absolute atomic E-state index is 12.1. The number of nitrogens with zero attached hydrogens (tertiary/aromatic N) is 2. The number of esters is 1. The fraction of sp³-hybridized carbons (Fsp3) is 0.533. The molecule has 0 aliphatic carbocycles. The SMILES string of the molecule is CCOC(=O)C1CCN(C(=O)Cc2ccccn2)CC1. The van der Waals surface area contributed by atoms with E-state index in [0.29, 0.717) is 39.0 Å². The van der Waals surface area contributed by atoms with Gasteiger partial charge in [-0.3, -0.25) is 14.6 Å². The van der Waals surface area contributed by atoms with Crippen molar-refractivity contribution < 1.29 is 14.3 Å². The first-order valence-electron chi connectivity index (χ1n) is 7.05. The molecule has 1 amide bonds. The number of hydrogen-bond acceptors (Lipinski definition) is 4. The van der Waals surface area contributed by atoms with Gasteiger partial charge in [0.1, 0.15) is 0 Å². The number of hydrogen-bond donors (Lipinski definition) is 0. The topological polar surface area (TPSA) is 59.5 Å². The molecule has 2 rings (SSSR count). The third-order valence-corrected chi connectivity index (χ3v) is 3.53. The second kappa shape index (κ2) is 7.03. The van der Waals surface area contributed by atoms with Gasteiger partial charge in [0.25, 0.3) is 0 Å². The van der Waals surface area contributed by atoms with Gasteiger partial charge in [0, 0.05) is 25.0 Å². The van der Waals surface area contributed by atoms with E-state index in [9.17, 15) is 9.59 Å². The van der Waals surface area contributed by atoms with Crippen LogP contribution in [0.3, 0.4) is 0 Å². The van der Waals surface area contributed by atoms with E-state index in [4.69, 9.17) is 4.74 Å². The Morgan fingerprint density at radius 2 is 2.10 bits per heavy atom. The molecule has 1 fully saturated rings. The zero-order valence-electron chi connectivity index (χ0n) is 11.7. The van der Waals surface area contributed by atoms with Gasteiger partial charge >= 0.3 is 5.97 Å². The largest absolute Gasteiger partial charge is 0.466 e. The maximum atomic E-state index is 12.1. The number of likely N-dealkylation sites (tertiary alicyclic amines) is 1. The molecule has 1 aromatic rings. The van der Waals surface area contributed by atoms with Crippen molar-refractivity contribution in [3.8, 4) is 0 Å². The molecule has 0 atom stereocenters. The molecular weight excluding hydrogens is 256 g/mol. The van der Waals surface area contributed by atoms with Crippen LogP contribution < -0.4 is 0 Å². The molecule has 0 saturated carbocycles. The molecular formula is C15H20N2O3. The smallest absolute Gasteiger partial charge is 0.309 e. The van der Waals surface area contributed by atoms with Gasteiger partial charge in [0.05, 0.1) is 18.9 Å². The molecule has 5 nitrogen and oxygen atoms in total. The predicted octanol–water partition coefficient (Wildman–Crippen LogP) is 1.43. The zero-order chi connectivity index (χ0) is 14.4. The Morgan fingerprint density at radius 1 is 1.35 bits per heavy atom.